The SMILES string of the molecule is Nc1ccc(S(=O)(=O)O)c2c(S(=O)(=O)O)ccc(O)c12. The second-order valence-electron chi connectivity index (χ2n) is 3.94. The zero-order valence-corrected chi connectivity index (χ0v) is 11.3. The van der Waals surface area contributed by atoms with E-state index in [2.05, 4.69) is 0 Å². The molecule has 0 aromatic heterocycles. The van der Waals surface area contributed by atoms with Crippen LogP contribution in [0, 0.1) is 0 Å². The maximum absolute atomic E-state index is 11.3. The number of fused-ring (bicyclic) bond motifs is 1. The van der Waals surface area contributed by atoms with E-state index in [0.29, 0.717) is 0 Å². The van der Waals surface area contributed by atoms with Crippen LogP contribution in [0.25, 0.3) is 10.8 Å². The van der Waals surface area contributed by atoms with Crippen LogP contribution in [0.4, 0.5) is 5.69 Å². The molecule has 0 aliphatic carbocycles. The first-order valence-corrected chi connectivity index (χ1v) is 7.90. The van der Waals surface area contributed by atoms with Crippen molar-refractivity contribution in [2.45, 2.75) is 9.79 Å². The van der Waals surface area contributed by atoms with Gasteiger partial charge in [-0.3, -0.25) is 9.11 Å². The van der Waals surface area contributed by atoms with Crippen molar-refractivity contribution < 1.29 is 31.0 Å². The molecule has 2 aromatic rings. The quantitative estimate of drug-likeness (QED) is 0.463. The third kappa shape index (κ3) is 2.29. The highest BCUT2D eigenvalue weighted by Gasteiger charge is 2.24. The van der Waals surface area contributed by atoms with Gasteiger partial charge in [0.2, 0.25) is 0 Å². The van der Waals surface area contributed by atoms with Crippen LogP contribution in [-0.2, 0) is 20.2 Å². The van der Waals surface area contributed by atoms with Gasteiger partial charge in [-0.1, -0.05) is 0 Å². The normalized spacial score (nSPS) is 12.7. The van der Waals surface area contributed by atoms with Gasteiger partial charge in [0.15, 0.2) is 0 Å². The van der Waals surface area contributed by atoms with Gasteiger partial charge in [-0.2, -0.15) is 16.8 Å². The Kier molecular flexibility index (Phi) is 3.13. The molecule has 5 N–H and O–H groups in total. The minimum atomic E-state index is -4.79. The van der Waals surface area contributed by atoms with Crippen LogP contribution in [0.3, 0.4) is 0 Å². The summed E-state index contributed by atoms with van der Waals surface area (Å²) in [6.07, 6.45) is 0. The fourth-order valence-corrected chi connectivity index (χ4v) is 3.36. The lowest BCUT2D eigenvalue weighted by Crippen LogP contribution is -2.06. The van der Waals surface area contributed by atoms with Crippen molar-refractivity contribution in [3.05, 3.63) is 24.3 Å². The van der Waals surface area contributed by atoms with Gasteiger partial charge in [0.25, 0.3) is 20.2 Å². The smallest absolute Gasteiger partial charge is 0.295 e. The molecule has 2 aromatic carbocycles. The van der Waals surface area contributed by atoms with E-state index in [1.165, 1.54) is 0 Å². The Hall–Kier alpha value is -1.88. The van der Waals surface area contributed by atoms with Gasteiger partial charge < -0.3 is 10.8 Å². The Bertz CT molecular complexity index is 844. The summed E-state index contributed by atoms with van der Waals surface area (Å²) in [5, 5.41) is 8.83. The van der Waals surface area contributed by atoms with Gasteiger partial charge in [-0.25, -0.2) is 0 Å². The van der Waals surface area contributed by atoms with E-state index in [-0.39, 0.29) is 11.1 Å². The summed E-state index contributed by atoms with van der Waals surface area (Å²) in [7, 11) is -9.58. The molecule has 0 heterocycles. The minimum Gasteiger partial charge on any atom is -0.507 e. The second-order valence-corrected chi connectivity index (χ2v) is 6.72. The molecule has 0 amide bonds. The molecule has 2 rings (SSSR count). The highest BCUT2D eigenvalue weighted by Crippen LogP contribution is 2.38. The molecular formula is C10H9NO7S2. The second kappa shape index (κ2) is 4.31. The van der Waals surface area contributed by atoms with E-state index in [1.54, 1.807) is 0 Å². The van der Waals surface area contributed by atoms with Crippen molar-refractivity contribution in [2.75, 3.05) is 5.73 Å². The van der Waals surface area contributed by atoms with E-state index in [1.807, 2.05) is 0 Å². The number of phenolic OH excluding ortho intramolecular Hbond substituents is 1. The summed E-state index contributed by atoms with van der Waals surface area (Å²) >= 11 is 0. The average Bonchev–Trinajstić information content (AvgIpc) is 2.25. The van der Waals surface area contributed by atoms with Gasteiger partial charge in [-0.05, 0) is 24.3 Å². The molecule has 0 bridgehead atoms. The van der Waals surface area contributed by atoms with E-state index in [0.717, 1.165) is 24.3 Å². The molecule has 0 fully saturated rings. The number of hydrogen-bond acceptors (Lipinski definition) is 6. The zero-order valence-electron chi connectivity index (χ0n) is 9.68. The topological polar surface area (TPSA) is 155 Å². The molecule has 0 saturated carbocycles. The monoisotopic (exact) mass is 319 g/mol. The van der Waals surface area contributed by atoms with Gasteiger partial charge >= 0.3 is 0 Å². The Labute approximate surface area is 114 Å². The Morgan fingerprint density at radius 3 is 1.70 bits per heavy atom. The van der Waals surface area contributed by atoms with Gasteiger partial charge in [0, 0.05) is 16.5 Å². The van der Waals surface area contributed by atoms with Gasteiger partial charge in [0.1, 0.15) is 15.5 Å². The summed E-state index contributed by atoms with van der Waals surface area (Å²) < 4.78 is 63.5. The lowest BCUT2D eigenvalue weighted by molar-refractivity contribution is 0.479. The number of aromatic hydroxyl groups is 1. The van der Waals surface area contributed by atoms with Crippen molar-refractivity contribution in [3.63, 3.8) is 0 Å². The first kappa shape index (κ1) is 14.5. The number of nitrogen functional groups attached to an aromatic ring is 1. The largest absolute Gasteiger partial charge is 0.507 e. The molecule has 20 heavy (non-hydrogen) atoms. The maximum Gasteiger partial charge on any atom is 0.295 e. The van der Waals surface area contributed by atoms with Crippen molar-refractivity contribution in [2.24, 2.45) is 0 Å². The van der Waals surface area contributed by atoms with E-state index < -0.39 is 41.2 Å². The molecule has 108 valence electrons. The van der Waals surface area contributed by atoms with Crippen molar-refractivity contribution in [3.8, 4) is 5.75 Å². The van der Waals surface area contributed by atoms with Crippen LogP contribution in [-0.4, -0.2) is 31.0 Å². The molecule has 0 unspecified atom stereocenters. The van der Waals surface area contributed by atoms with Crippen LogP contribution in [0.1, 0.15) is 0 Å². The molecule has 0 atom stereocenters. The Morgan fingerprint density at radius 2 is 1.25 bits per heavy atom. The third-order valence-electron chi connectivity index (χ3n) is 2.65. The van der Waals surface area contributed by atoms with Crippen LogP contribution < -0.4 is 5.73 Å². The molecule has 0 aliphatic rings. The number of benzene rings is 2. The summed E-state index contributed by atoms with van der Waals surface area (Å²) in [4.78, 5) is -1.57. The molecular weight excluding hydrogens is 310 g/mol. The van der Waals surface area contributed by atoms with E-state index in [9.17, 15) is 21.9 Å². The highest BCUT2D eigenvalue weighted by molar-refractivity contribution is 7.87. The minimum absolute atomic E-state index is 0.115. The van der Waals surface area contributed by atoms with Crippen molar-refractivity contribution >= 4 is 36.7 Å². The average molecular weight is 319 g/mol. The number of phenols is 1. The number of nitrogens with two attached hydrogens (primary N) is 1. The molecule has 10 heteroatoms. The lowest BCUT2D eigenvalue weighted by Gasteiger charge is -2.11. The van der Waals surface area contributed by atoms with Crippen molar-refractivity contribution in [1.29, 1.82) is 0 Å². The summed E-state index contributed by atoms with van der Waals surface area (Å²) in [6.45, 7) is 0. The molecule has 0 radical (unpaired) electrons. The summed E-state index contributed by atoms with van der Waals surface area (Å²) in [5.74, 6) is -0.490. The van der Waals surface area contributed by atoms with E-state index >= 15 is 0 Å². The van der Waals surface area contributed by atoms with E-state index in [4.69, 9.17) is 14.8 Å². The van der Waals surface area contributed by atoms with Crippen molar-refractivity contribution in [1.82, 2.24) is 0 Å². The standard InChI is InChI=1S/C10H9NO7S2/c11-5-1-3-7(19(13,14)15)10-8(20(16,17)18)4-2-6(12)9(5)10/h1-4,12H,11H2,(H,13,14,15)(H,16,17,18). The maximum atomic E-state index is 11.3. The summed E-state index contributed by atoms with van der Waals surface area (Å²) in [5.41, 5.74) is 5.45. The van der Waals surface area contributed by atoms with Crippen LogP contribution in [0.2, 0.25) is 0 Å². The predicted molar refractivity (Wildman–Crippen MR) is 69.7 cm³/mol. The Balaban J connectivity index is 3.22. The number of rotatable bonds is 2. The number of anilines is 1. The molecule has 8 nitrogen and oxygen atoms in total. The third-order valence-corrected chi connectivity index (χ3v) is 4.44. The fraction of sp³-hybridized carbons (Fsp3) is 0. The van der Waals surface area contributed by atoms with Crippen LogP contribution in [0.5, 0.6) is 5.75 Å². The molecule has 0 aliphatic heterocycles. The highest BCUT2D eigenvalue weighted by atomic mass is 32.2. The predicted octanol–water partition coefficient (Wildman–Crippen LogP) is 0.621. The fourth-order valence-electron chi connectivity index (χ4n) is 1.87. The van der Waals surface area contributed by atoms with Gasteiger partial charge in [-0.15, -0.1) is 0 Å². The lowest BCUT2D eigenvalue weighted by atomic mass is 10.1. The Morgan fingerprint density at radius 1 is 0.800 bits per heavy atom. The van der Waals surface area contributed by atoms with Crippen LogP contribution >= 0.6 is 0 Å². The van der Waals surface area contributed by atoms with Gasteiger partial charge in [0.05, 0.1) is 0 Å². The zero-order chi connectivity index (χ0) is 15.3. The summed E-state index contributed by atoms with van der Waals surface area (Å²) in [6, 6.07) is 3.71. The van der Waals surface area contributed by atoms with Crippen LogP contribution in [0.15, 0.2) is 34.1 Å². The first-order chi connectivity index (χ1) is 9.03. The number of hydrogen-bond donors (Lipinski definition) is 4. The first-order valence-electron chi connectivity index (χ1n) is 5.02. The molecule has 0 saturated heterocycles. The molecule has 0 spiro atoms.